The number of rotatable bonds is 3. The van der Waals surface area contributed by atoms with Crippen LogP contribution in [0.15, 0.2) is 47.6 Å². The van der Waals surface area contributed by atoms with E-state index >= 15 is 0 Å². The summed E-state index contributed by atoms with van der Waals surface area (Å²) in [6.45, 7) is 8.79. The Hall–Kier alpha value is -2.88. The summed E-state index contributed by atoms with van der Waals surface area (Å²) in [5.41, 5.74) is 11.0. The Morgan fingerprint density at radius 3 is 2.41 bits per heavy atom. The monoisotopic (exact) mass is 496 g/mol. The van der Waals surface area contributed by atoms with Crippen LogP contribution in [0.3, 0.4) is 0 Å². The lowest BCUT2D eigenvalue weighted by Gasteiger charge is -2.28. The molecule has 4 nitrogen and oxygen atoms in total. The maximum atomic E-state index is 12.8. The molecule has 2 aromatic rings. The van der Waals surface area contributed by atoms with Crippen molar-refractivity contribution in [2.75, 3.05) is 6.54 Å². The first kappa shape index (κ1) is 24.5. The Balaban J connectivity index is 1.16. The molecule has 37 heavy (non-hydrogen) atoms. The van der Waals surface area contributed by atoms with E-state index in [1.165, 1.54) is 66.4 Å². The molecule has 1 spiro atoms. The molecular weight excluding hydrogens is 456 g/mol. The summed E-state index contributed by atoms with van der Waals surface area (Å²) in [5.74, 6) is 0. The zero-order chi connectivity index (χ0) is 25.8. The van der Waals surface area contributed by atoms with Gasteiger partial charge in [0.1, 0.15) is 5.60 Å². The highest BCUT2D eigenvalue weighted by Gasteiger charge is 2.41. The van der Waals surface area contributed by atoms with Crippen molar-refractivity contribution in [3.05, 3.63) is 64.9 Å². The number of carbonyl (C=O) groups is 1. The second-order valence-corrected chi connectivity index (χ2v) is 12.8. The average Bonchev–Trinajstić information content (AvgIpc) is 3.65. The van der Waals surface area contributed by atoms with Crippen LogP contribution in [-0.4, -0.2) is 34.9 Å². The topological polar surface area (TPSA) is 41.9 Å². The van der Waals surface area contributed by atoms with Gasteiger partial charge in [-0.25, -0.2) is 4.79 Å². The van der Waals surface area contributed by atoms with Gasteiger partial charge in [-0.05, 0) is 111 Å². The van der Waals surface area contributed by atoms with Crippen LogP contribution in [0.1, 0.15) is 88.0 Å². The van der Waals surface area contributed by atoms with Crippen molar-refractivity contribution in [2.24, 2.45) is 10.4 Å². The first-order chi connectivity index (χ1) is 17.7. The number of aryl methyl sites for hydroxylation is 1. The number of aliphatic imine (C=N–C) groups is 1. The van der Waals surface area contributed by atoms with Crippen LogP contribution in [0.4, 0.5) is 4.79 Å². The molecule has 0 radical (unpaired) electrons. The summed E-state index contributed by atoms with van der Waals surface area (Å²) in [6.07, 6.45) is 12.6. The Bertz CT molecular complexity index is 1270. The van der Waals surface area contributed by atoms with Crippen LogP contribution < -0.4 is 0 Å². The molecule has 0 aromatic heterocycles. The van der Waals surface area contributed by atoms with Crippen molar-refractivity contribution in [1.29, 1.82) is 0 Å². The Morgan fingerprint density at radius 2 is 1.68 bits per heavy atom. The molecule has 2 aliphatic carbocycles. The fourth-order valence-electron chi connectivity index (χ4n) is 7.16. The number of amides is 1. The number of hydrogen-bond donors (Lipinski definition) is 0. The van der Waals surface area contributed by atoms with Gasteiger partial charge in [-0.15, -0.1) is 0 Å². The number of benzene rings is 2. The number of allylic oxidation sites excluding steroid dienone is 1. The molecule has 4 aliphatic rings. The second kappa shape index (κ2) is 9.15. The second-order valence-electron chi connectivity index (χ2n) is 12.8. The predicted molar refractivity (Wildman–Crippen MR) is 151 cm³/mol. The molecule has 1 saturated carbocycles. The first-order valence-electron chi connectivity index (χ1n) is 14.2. The van der Waals surface area contributed by atoms with Crippen LogP contribution in [0.2, 0.25) is 0 Å². The van der Waals surface area contributed by atoms with Gasteiger partial charge >= 0.3 is 6.09 Å². The summed E-state index contributed by atoms with van der Waals surface area (Å²) in [7, 11) is 0. The Labute approximate surface area is 221 Å². The largest absolute Gasteiger partial charge is 0.444 e. The van der Waals surface area contributed by atoms with Gasteiger partial charge in [0, 0.05) is 24.9 Å². The lowest BCUT2D eigenvalue weighted by molar-refractivity contribution is 0.0265. The molecule has 194 valence electrons. The maximum Gasteiger partial charge on any atom is 0.410 e. The maximum absolute atomic E-state index is 12.8. The average molecular weight is 497 g/mol. The van der Waals surface area contributed by atoms with Crippen LogP contribution in [-0.2, 0) is 17.6 Å². The minimum atomic E-state index is -0.484. The molecule has 0 N–H and O–H groups in total. The fourth-order valence-corrected chi connectivity index (χ4v) is 7.16. The zero-order valence-corrected chi connectivity index (χ0v) is 22.9. The van der Waals surface area contributed by atoms with E-state index in [0.29, 0.717) is 5.41 Å². The van der Waals surface area contributed by atoms with Gasteiger partial charge in [0.2, 0.25) is 0 Å². The van der Waals surface area contributed by atoms with Crippen molar-refractivity contribution < 1.29 is 9.53 Å². The van der Waals surface area contributed by atoms with Gasteiger partial charge in [0.15, 0.2) is 0 Å². The van der Waals surface area contributed by atoms with Crippen molar-refractivity contribution in [2.45, 2.75) is 97.1 Å². The van der Waals surface area contributed by atoms with Crippen LogP contribution in [0, 0.1) is 12.3 Å². The van der Waals surface area contributed by atoms with Gasteiger partial charge in [-0.2, -0.15) is 0 Å². The number of fused-ring (bicyclic) bond motifs is 1. The van der Waals surface area contributed by atoms with Gasteiger partial charge < -0.3 is 4.74 Å². The molecule has 1 atom stereocenters. The highest BCUT2D eigenvalue weighted by atomic mass is 16.6. The number of likely N-dealkylation sites (tertiary alicyclic amines) is 1. The smallest absolute Gasteiger partial charge is 0.410 e. The van der Waals surface area contributed by atoms with Crippen molar-refractivity contribution >= 4 is 17.4 Å². The Morgan fingerprint density at radius 1 is 0.973 bits per heavy atom. The zero-order valence-electron chi connectivity index (χ0n) is 22.9. The molecular formula is C33H40N2O2. The molecule has 2 fully saturated rings. The quantitative estimate of drug-likeness (QED) is 0.433. The summed E-state index contributed by atoms with van der Waals surface area (Å²) in [5, 5.41) is 0. The summed E-state index contributed by atoms with van der Waals surface area (Å²) in [4.78, 5) is 19.4. The minimum absolute atomic E-state index is 0.0425. The number of ether oxygens (including phenoxy) is 1. The normalized spacial score (nSPS) is 22.4. The fraction of sp³-hybridized carbons (Fsp3) is 0.515. The van der Waals surface area contributed by atoms with Crippen molar-refractivity contribution in [1.82, 2.24) is 4.90 Å². The summed E-state index contributed by atoms with van der Waals surface area (Å²) in [6, 6.07) is 13.8. The standard InChI is InChI=1S/C33H40N2O2/c1-22-9-14-26(28-20-33(19-27(22)28)15-5-6-16-33)24-12-10-23(11-13-24)25-18-29(34-21-25)30-8-7-17-35(30)31(36)37-32(2,3)4/h9-14,21,30H,5-8,15-20H2,1-4H3/t30-/m0/s1. The van der Waals surface area contributed by atoms with Gasteiger partial charge in [-0.3, -0.25) is 9.89 Å². The predicted octanol–water partition coefficient (Wildman–Crippen LogP) is 7.91. The van der Waals surface area contributed by atoms with E-state index in [1.54, 1.807) is 11.1 Å². The molecule has 1 saturated heterocycles. The van der Waals surface area contributed by atoms with Crippen LogP contribution in [0.5, 0.6) is 0 Å². The van der Waals surface area contributed by atoms with Crippen LogP contribution in [0.25, 0.3) is 16.7 Å². The lowest BCUT2D eigenvalue weighted by Crippen LogP contribution is -2.43. The number of nitrogens with zero attached hydrogens (tertiary/aromatic N) is 2. The molecule has 2 aliphatic heterocycles. The third-order valence-electron chi connectivity index (χ3n) is 9.02. The van der Waals surface area contributed by atoms with Crippen molar-refractivity contribution in [3.63, 3.8) is 0 Å². The first-order valence-corrected chi connectivity index (χ1v) is 14.2. The molecule has 1 amide bonds. The van der Waals surface area contributed by atoms with Crippen LogP contribution >= 0.6 is 0 Å². The van der Waals surface area contributed by atoms with E-state index in [-0.39, 0.29) is 12.1 Å². The van der Waals surface area contributed by atoms with E-state index in [1.807, 2.05) is 31.9 Å². The number of hydrogen-bond acceptors (Lipinski definition) is 3. The lowest BCUT2D eigenvalue weighted by atomic mass is 9.83. The Kier molecular flexibility index (Phi) is 6.05. The minimum Gasteiger partial charge on any atom is -0.444 e. The van der Waals surface area contributed by atoms with Gasteiger partial charge in [0.05, 0.1) is 6.04 Å². The molecule has 0 unspecified atom stereocenters. The van der Waals surface area contributed by atoms with Gasteiger partial charge in [0.25, 0.3) is 0 Å². The third-order valence-corrected chi connectivity index (χ3v) is 9.02. The summed E-state index contributed by atoms with van der Waals surface area (Å²) >= 11 is 0. The van der Waals surface area contributed by atoms with E-state index < -0.39 is 5.60 Å². The molecule has 0 bridgehead atoms. The molecule has 2 heterocycles. The van der Waals surface area contributed by atoms with Crippen molar-refractivity contribution in [3.8, 4) is 11.1 Å². The SMILES string of the molecule is Cc1ccc(-c2ccc(C3=CN=C([C@@H]4CCCN4C(=O)OC(C)(C)C)C3)cc2)c2c1CC1(CCCC1)C2. The van der Waals surface area contributed by atoms with Gasteiger partial charge in [-0.1, -0.05) is 49.2 Å². The molecule has 2 aromatic carbocycles. The third kappa shape index (κ3) is 4.64. The summed E-state index contributed by atoms with van der Waals surface area (Å²) < 4.78 is 5.66. The molecule has 4 heteroatoms. The highest BCUT2D eigenvalue weighted by molar-refractivity contribution is 6.03. The molecule has 6 rings (SSSR count). The van der Waals surface area contributed by atoms with E-state index in [4.69, 9.17) is 9.73 Å². The highest BCUT2D eigenvalue weighted by Crippen LogP contribution is 2.51. The van der Waals surface area contributed by atoms with E-state index in [0.717, 1.165) is 31.5 Å². The van der Waals surface area contributed by atoms with E-state index in [9.17, 15) is 4.79 Å². The number of carbonyl (C=O) groups excluding carboxylic acids is 1. The van der Waals surface area contributed by atoms with E-state index in [2.05, 4.69) is 43.3 Å².